The predicted octanol–water partition coefficient (Wildman–Crippen LogP) is 3.82. The lowest BCUT2D eigenvalue weighted by molar-refractivity contribution is -0.384. The number of amides is 1. The zero-order valence-electron chi connectivity index (χ0n) is 18.5. The fourth-order valence-corrected chi connectivity index (χ4v) is 4.26. The van der Waals surface area contributed by atoms with Crippen LogP contribution in [0.3, 0.4) is 0 Å². The van der Waals surface area contributed by atoms with Crippen molar-refractivity contribution in [2.24, 2.45) is 0 Å². The lowest BCUT2D eigenvalue weighted by Crippen LogP contribution is -2.50. The average Bonchev–Trinajstić information content (AvgIpc) is 2.85. The van der Waals surface area contributed by atoms with Crippen molar-refractivity contribution in [1.82, 2.24) is 10.2 Å². The highest BCUT2D eigenvalue weighted by atomic mass is 16.6. The molecule has 4 rings (SSSR count). The summed E-state index contributed by atoms with van der Waals surface area (Å²) in [6.07, 6.45) is 0.724. The first kappa shape index (κ1) is 22.5. The normalized spacial score (nSPS) is 15.1. The molecule has 1 atom stereocenters. The van der Waals surface area contributed by atoms with E-state index in [9.17, 15) is 14.9 Å². The summed E-state index contributed by atoms with van der Waals surface area (Å²) >= 11 is 0. The third-order valence-corrected chi connectivity index (χ3v) is 5.98. The van der Waals surface area contributed by atoms with E-state index in [1.54, 1.807) is 12.1 Å². The number of anilines is 1. The Morgan fingerprint density at radius 3 is 2.15 bits per heavy atom. The topological polar surface area (TPSA) is 78.7 Å². The number of rotatable bonds is 8. The summed E-state index contributed by atoms with van der Waals surface area (Å²) in [5.74, 6) is -0.0149. The Labute approximate surface area is 193 Å². The summed E-state index contributed by atoms with van der Waals surface area (Å²) in [7, 11) is 0. The molecule has 1 aliphatic heterocycles. The maximum Gasteiger partial charge on any atom is 0.292 e. The molecule has 1 amide bonds. The molecule has 0 saturated carbocycles. The van der Waals surface area contributed by atoms with Crippen LogP contribution in [0.25, 0.3) is 0 Å². The van der Waals surface area contributed by atoms with Gasteiger partial charge in [0.05, 0.1) is 17.5 Å². The van der Waals surface area contributed by atoms with Crippen LogP contribution in [0.4, 0.5) is 11.4 Å². The van der Waals surface area contributed by atoms with Crippen LogP contribution >= 0.6 is 0 Å². The number of para-hydroxylation sites is 2. The van der Waals surface area contributed by atoms with Crippen LogP contribution in [0, 0.1) is 10.1 Å². The summed E-state index contributed by atoms with van der Waals surface area (Å²) in [4.78, 5) is 28.0. The van der Waals surface area contributed by atoms with Gasteiger partial charge in [0.1, 0.15) is 5.69 Å². The molecule has 0 aromatic heterocycles. The van der Waals surface area contributed by atoms with E-state index in [4.69, 9.17) is 0 Å². The van der Waals surface area contributed by atoms with Crippen LogP contribution < -0.4 is 10.2 Å². The number of nitro groups is 1. The van der Waals surface area contributed by atoms with Gasteiger partial charge in [-0.25, -0.2) is 0 Å². The number of nitrogens with one attached hydrogen (secondary N) is 1. The largest absolute Gasteiger partial charge is 0.363 e. The highest BCUT2D eigenvalue weighted by Gasteiger charge is 2.25. The van der Waals surface area contributed by atoms with Gasteiger partial charge in [0.2, 0.25) is 5.91 Å². The Bertz CT molecular complexity index is 1070. The Balaban J connectivity index is 1.35. The van der Waals surface area contributed by atoms with Crippen molar-refractivity contribution in [2.75, 3.05) is 37.6 Å². The van der Waals surface area contributed by atoms with Gasteiger partial charge in [-0.1, -0.05) is 72.8 Å². The predicted molar refractivity (Wildman–Crippen MR) is 129 cm³/mol. The Kier molecular flexibility index (Phi) is 7.32. The number of carbonyl (C=O) groups excluding carboxylic acids is 1. The molecule has 1 aliphatic rings. The molecule has 1 unspecified atom stereocenters. The van der Waals surface area contributed by atoms with Crippen LogP contribution in [0.15, 0.2) is 84.9 Å². The molecule has 1 heterocycles. The summed E-state index contributed by atoms with van der Waals surface area (Å²) in [6, 6.07) is 26.9. The van der Waals surface area contributed by atoms with Crippen molar-refractivity contribution in [3.05, 3.63) is 106 Å². The third-order valence-electron chi connectivity index (χ3n) is 5.98. The van der Waals surface area contributed by atoms with Gasteiger partial charge in [-0.3, -0.25) is 19.8 Å². The minimum atomic E-state index is -0.342. The van der Waals surface area contributed by atoms with Gasteiger partial charge in [-0.05, 0) is 23.6 Å². The molecule has 3 aromatic rings. The van der Waals surface area contributed by atoms with Crippen molar-refractivity contribution in [2.45, 2.75) is 12.5 Å². The van der Waals surface area contributed by atoms with Crippen molar-refractivity contribution < 1.29 is 9.72 Å². The van der Waals surface area contributed by atoms with Crippen molar-refractivity contribution in [3.63, 3.8) is 0 Å². The highest BCUT2D eigenvalue weighted by molar-refractivity contribution is 5.78. The number of carbonyl (C=O) groups is 1. The zero-order valence-corrected chi connectivity index (χ0v) is 18.5. The standard InChI is InChI=1S/C26H28N4O3/c31-26(27-23(22-11-5-2-6-12-22)19-21-9-3-1-4-10-21)20-28-15-17-29(18-16-28)24-13-7-8-14-25(24)30(32)33/h1-14,23H,15-20H2,(H,27,31). The molecule has 7 nitrogen and oxygen atoms in total. The van der Waals surface area contributed by atoms with Gasteiger partial charge in [-0.15, -0.1) is 0 Å². The number of hydrogen-bond acceptors (Lipinski definition) is 5. The number of piperazine rings is 1. The van der Waals surface area contributed by atoms with E-state index in [1.807, 2.05) is 59.5 Å². The second-order valence-electron chi connectivity index (χ2n) is 8.23. The number of nitrogens with zero attached hydrogens (tertiary/aromatic N) is 3. The van der Waals surface area contributed by atoms with Crippen LogP contribution in [-0.4, -0.2) is 48.5 Å². The van der Waals surface area contributed by atoms with Crippen LogP contribution in [0.2, 0.25) is 0 Å². The summed E-state index contributed by atoms with van der Waals surface area (Å²) < 4.78 is 0. The molecule has 0 aliphatic carbocycles. The van der Waals surface area contributed by atoms with Crippen LogP contribution in [-0.2, 0) is 11.2 Å². The molecule has 3 aromatic carbocycles. The lowest BCUT2D eigenvalue weighted by Gasteiger charge is -2.35. The second-order valence-corrected chi connectivity index (χ2v) is 8.23. The maximum atomic E-state index is 12.9. The molecule has 170 valence electrons. The summed E-state index contributed by atoms with van der Waals surface area (Å²) in [6.45, 7) is 2.94. The van der Waals surface area contributed by atoms with Crippen LogP contribution in [0.5, 0.6) is 0 Å². The summed E-state index contributed by atoms with van der Waals surface area (Å²) in [5, 5.41) is 14.6. The maximum absolute atomic E-state index is 12.9. The van der Waals surface area contributed by atoms with E-state index in [1.165, 1.54) is 11.6 Å². The fraction of sp³-hybridized carbons (Fsp3) is 0.269. The zero-order chi connectivity index (χ0) is 23.0. The number of nitro benzene ring substituents is 1. The van der Waals surface area contributed by atoms with Crippen LogP contribution in [0.1, 0.15) is 17.2 Å². The fourth-order valence-electron chi connectivity index (χ4n) is 4.26. The molecule has 0 bridgehead atoms. The van der Waals surface area contributed by atoms with E-state index >= 15 is 0 Å². The van der Waals surface area contributed by atoms with Gasteiger partial charge >= 0.3 is 0 Å². The molecular formula is C26H28N4O3. The SMILES string of the molecule is O=C(CN1CCN(c2ccccc2[N+](=O)[O-])CC1)NC(Cc1ccccc1)c1ccccc1. The van der Waals surface area contributed by atoms with Gasteiger partial charge < -0.3 is 10.2 Å². The smallest absolute Gasteiger partial charge is 0.292 e. The molecule has 0 spiro atoms. The lowest BCUT2D eigenvalue weighted by atomic mass is 9.99. The second kappa shape index (κ2) is 10.7. The van der Waals surface area contributed by atoms with E-state index in [2.05, 4.69) is 22.3 Å². The summed E-state index contributed by atoms with van der Waals surface area (Å²) in [5.41, 5.74) is 3.01. The first-order valence-electron chi connectivity index (χ1n) is 11.2. The first-order chi connectivity index (χ1) is 16.1. The molecule has 33 heavy (non-hydrogen) atoms. The molecule has 1 fully saturated rings. The van der Waals surface area contributed by atoms with Gasteiger partial charge in [0.15, 0.2) is 0 Å². The van der Waals surface area contributed by atoms with Crippen molar-refractivity contribution in [1.29, 1.82) is 0 Å². The van der Waals surface area contributed by atoms with Gasteiger partial charge in [0, 0.05) is 32.2 Å². The number of benzene rings is 3. The Morgan fingerprint density at radius 2 is 1.48 bits per heavy atom. The van der Waals surface area contributed by atoms with E-state index in [-0.39, 0.29) is 22.6 Å². The molecule has 0 radical (unpaired) electrons. The van der Waals surface area contributed by atoms with E-state index in [0.29, 0.717) is 38.4 Å². The highest BCUT2D eigenvalue weighted by Crippen LogP contribution is 2.28. The van der Waals surface area contributed by atoms with Gasteiger partial charge in [0.25, 0.3) is 5.69 Å². The molecule has 1 saturated heterocycles. The Hall–Kier alpha value is -3.71. The minimum absolute atomic E-state index is 0.0149. The minimum Gasteiger partial charge on any atom is -0.363 e. The monoisotopic (exact) mass is 444 g/mol. The molecule has 1 N–H and O–H groups in total. The molecular weight excluding hydrogens is 416 g/mol. The first-order valence-corrected chi connectivity index (χ1v) is 11.2. The third kappa shape index (κ3) is 5.96. The Morgan fingerprint density at radius 1 is 0.879 bits per heavy atom. The van der Waals surface area contributed by atoms with Crippen molar-refractivity contribution in [3.8, 4) is 0 Å². The van der Waals surface area contributed by atoms with E-state index < -0.39 is 0 Å². The molecule has 7 heteroatoms. The van der Waals surface area contributed by atoms with E-state index in [0.717, 1.165) is 12.0 Å². The van der Waals surface area contributed by atoms with Gasteiger partial charge in [-0.2, -0.15) is 0 Å². The quantitative estimate of drug-likeness (QED) is 0.422. The van der Waals surface area contributed by atoms with Crippen molar-refractivity contribution >= 4 is 17.3 Å². The number of hydrogen-bond donors (Lipinski definition) is 1. The average molecular weight is 445 g/mol.